The molecule has 0 amide bonds. The summed E-state index contributed by atoms with van der Waals surface area (Å²) in [5, 5.41) is 21.1. The van der Waals surface area contributed by atoms with Crippen LogP contribution in [0.2, 0.25) is 0 Å². The summed E-state index contributed by atoms with van der Waals surface area (Å²) in [6, 6.07) is 20.0. The maximum atomic E-state index is 11.0. The molecule has 1 aliphatic carbocycles. The Hall–Kier alpha value is -1.71. The van der Waals surface area contributed by atoms with E-state index in [1.807, 2.05) is 48.5 Å². The minimum atomic E-state index is -0.869. The van der Waals surface area contributed by atoms with E-state index < -0.39 is 5.60 Å². The molecule has 3 heteroatoms. The highest BCUT2D eigenvalue weighted by Gasteiger charge is 2.35. The van der Waals surface area contributed by atoms with Gasteiger partial charge >= 0.3 is 0 Å². The second-order valence-electron chi connectivity index (χ2n) is 5.72. The van der Waals surface area contributed by atoms with Gasteiger partial charge in [-0.25, -0.2) is 0 Å². The Kier molecular flexibility index (Phi) is 4.55. The molecular formula is C19H20O2S. The lowest BCUT2D eigenvalue weighted by atomic mass is 9.82. The molecule has 114 valence electrons. The van der Waals surface area contributed by atoms with Gasteiger partial charge in [0.15, 0.2) is 0 Å². The fourth-order valence-corrected chi connectivity index (χ4v) is 3.94. The highest BCUT2D eigenvalue weighted by molar-refractivity contribution is 8.02. The van der Waals surface area contributed by atoms with Crippen molar-refractivity contribution in [2.45, 2.75) is 30.6 Å². The van der Waals surface area contributed by atoms with Gasteiger partial charge in [-0.2, -0.15) is 0 Å². The van der Waals surface area contributed by atoms with E-state index in [0.717, 1.165) is 16.2 Å². The van der Waals surface area contributed by atoms with Gasteiger partial charge in [0.2, 0.25) is 0 Å². The van der Waals surface area contributed by atoms with Crippen molar-refractivity contribution in [3.05, 3.63) is 82.5 Å². The molecule has 22 heavy (non-hydrogen) atoms. The fourth-order valence-electron chi connectivity index (χ4n) is 2.79. The van der Waals surface area contributed by atoms with Crippen molar-refractivity contribution in [1.82, 2.24) is 0 Å². The number of benzene rings is 2. The van der Waals surface area contributed by atoms with Crippen molar-refractivity contribution in [3.63, 3.8) is 0 Å². The predicted molar refractivity (Wildman–Crippen MR) is 91.6 cm³/mol. The van der Waals surface area contributed by atoms with E-state index in [1.54, 1.807) is 11.8 Å². The molecule has 0 aliphatic heterocycles. The van der Waals surface area contributed by atoms with E-state index in [4.69, 9.17) is 0 Å². The summed E-state index contributed by atoms with van der Waals surface area (Å²) in [4.78, 5) is 0.904. The molecule has 0 saturated carbocycles. The lowest BCUT2D eigenvalue weighted by Crippen LogP contribution is -2.29. The van der Waals surface area contributed by atoms with Crippen LogP contribution in [-0.2, 0) is 11.4 Å². The van der Waals surface area contributed by atoms with Crippen molar-refractivity contribution in [1.29, 1.82) is 0 Å². The van der Waals surface area contributed by atoms with Crippen molar-refractivity contribution >= 4 is 11.8 Å². The minimum absolute atomic E-state index is 0.432. The Bertz CT molecular complexity index is 652. The minimum Gasteiger partial charge on any atom is -0.511 e. The molecule has 3 rings (SSSR count). The number of hydrogen-bond acceptors (Lipinski definition) is 3. The van der Waals surface area contributed by atoms with Crippen LogP contribution in [0.5, 0.6) is 0 Å². The average molecular weight is 312 g/mol. The van der Waals surface area contributed by atoms with E-state index in [9.17, 15) is 10.2 Å². The van der Waals surface area contributed by atoms with Crippen LogP contribution < -0.4 is 0 Å². The molecule has 2 aromatic rings. The summed E-state index contributed by atoms with van der Waals surface area (Å²) in [6.45, 7) is 0. The maximum absolute atomic E-state index is 11.0. The second-order valence-corrected chi connectivity index (χ2v) is 6.79. The van der Waals surface area contributed by atoms with Gasteiger partial charge < -0.3 is 10.2 Å². The molecule has 1 unspecified atom stereocenters. The van der Waals surface area contributed by atoms with Crippen LogP contribution in [0.25, 0.3) is 0 Å². The third-order valence-electron chi connectivity index (χ3n) is 4.12. The summed E-state index contributed by atoms with van der Waals surface area (Å²) in [5.74, 6) is 1.24. The molecule has 1 atom stereocenters. The first kappa shape index (κ1) is 15.2. The van der Waals surface area contributed by atoms with Gasteiger partial charge in [-0.1, -0.05) is 60.7 Å². The van der Waals surface area contributed by atoms with Crippen molar-refractivity contribution in [2.75, 3.05) is 0 Å². The third-order valence-corrected chi connectivity index (χ3v) is 5.32. The monoisotopic (exact) mass is 312 g/mol. The number of aliphatic hydroxyl groups is 2. The number of hydrogen-bond donors (Lipinski definition) is 2. The highest BCUT2D eigenvalue weighted by atomic mass is 32.2. The first-order valence-corrected chi connectivity index (χ1v) is 8.51. The molecule has 0 saturated heterocycles. The summed E-state index contributed by atoms with van der Waals surface area (Å²) in [6.07, 6.45) is 1.58. The molecule has 2 nitrogen and oxygen atoms in total. The second kappa shape index (κ2) is 6.59. The van der Waals surface area contributed by atoms with E-state index in [0.29, 0.717) is 25.0 Å². The topological polar surface area (TPSA) is 40.5 Å². The smallest absolute Gasteiger partial charge is 0.102 e. The number of rotatable bonds is 4. The molecule has 2 aromatic carbocycles. The molecule has 1 aliphatic rings. The molecule has 0 fully saturated rings. The molecular weight excluding hydrogens is 292 g/mol. The number of thioether (sulfide) groups is 1. The summed E-state index contributed by atoms with van der Waals surface area (Å²) < 4.78 is 0. The number of allylic oxidation sites excluding steroid dienone is 1. The van der Waals surface area contributed by atoms with E-state index >= 15 is 0 Å². The Balaban J connectivity index is 1.74. The van der Waals surface area contributed by atoms with Gasteiger partial charge in [0.1, 0.15) is 5.76 Å². The van der Waals surface area contributed by atoms with Gasteiger partial charge in [-0.3, -0.25) is 0 Å². The van der Waals surface area contributed by atoms with Crippen LogP contribution in [0.15, 0.2) is 71.3 Å². The maximum Gasteiger partial charge on any atom is 0.102 e. The van der Waals surface area contributed by atoms with Gasteiger partial charge in [0.05, 0.1) is 5.60 Å². The fraction of sp³-hybridized carbons (Fsp3) is 0.263. The van der Waals surface area contributed by atoms with Crippen LogP contribution in [0, 0.1) is 0 Å². The SMILES string of the molecule is OC1=C(SCc2ccccc2)CC(O)(c2ccccc2)CC1. The Morgan fingerprint density at radius 3 is 2.27 bits per heavy atom. The van der Waals surface area contributed by atoms with Crippen LogP contribution in [-0.4, -0.2) is 10.2 Å². The van der Waals surface area contributed by atoms with E-state index in [-0.39, 0.29) is 0 Å². The number of aliphatic hydroxyl groups excluding tert-OH is 1. The Labute approximate surface area is 135 Å². The molecule has 0 bridgehead atoms. The quantitative estimate of drug-likeness (QED) is 0.855. The van der Waals surface area contributed by atoms with Gasteiger partial charge in [0.25, 0.3) is 0 Å². The highest BCUT2D eigenvalue weighted by Crippen LogP contribution is 2.43. The Morgan fingerprint density at radius 1 is 0.955 bits per heavy atom. The van der Waals surface area contributed by atoms with Crippen LogP contribution in [0.1, 0.15) is 30.4 Å². The van der Waals surface area contributed by atoms with E-state index in [2.05, 4.69) is 12.1 Å². The van der Waals surface area contributed by atoms with Crippen molar-refractivity contribution in [2.24, 2.45) is 0 Å². The predicted octanol–water partition coefficient (Wildman–Crippen LogP) is 4.76. The third kappa shape index (κ3) is 3.37. The van der Waals surface area contributed by atoms with Gasteiger partial charge in [0, 0.05) is 23.5 Å². The van der Waals surface area contributed by atoms with Crippen LogP contribution in [0.4, 0.5) is 0 Å². The van der Waals surface area contributed by atoms with Crippen molar-refractivity contribution < 1.29 is 10.2 Å². The molecule has 2 N–H and O–H groups in total. The first-order chi connectivity index (χ1) is 10.7. The van der Waals surface area contributed by atoms with Crippen LogP contribution in [0.3, 0.4) is 0 Å². The molecule has 0 aromatic heterocycles. The lowest BCUT2D eigenvalue weighted by Gasteiger charge is -2.33. The van der Waals surface area contributed by atoms with Gasteiger partial charge in [-0.15, -0.1) is 11.8 Å². The molecule has 0 radical (unpaired) electrons. The Morgan fingerprint density at radius 2 is 1.59 bits per heavy atom. The summed E-state index contributed by atoms with van der Waals surface area (Å²) >= 11 is 1.63. The molecule has 0 spiro atoms. The zero-order chi connectivity index (χ0) is 15.4. The largest absolute Gasteiger partial charge is 0.511 e. The summed E-state index contributed by atoms with van der Waals surface area (Å²) in [5.41, 5.74) is 1.29. The van der Waals surface area contributed by atoms with Gasteiger partial charge in [-0.05, 0) is 17.5 Å². The van der Waals surface area contributed by atoms with Crippen LogP contribution >= 0.6 is 11.8 Å². The lowest BCUT2D eigenvalue weighted by molar-refractivity contribution is 0.0192. The average Bonchev–Trinajstić information content (AvgIpc) is 2.58. The summed E-state index contributed by atoms with van der Waals surface area (Å²) in [7, 11) is 0. The first-order valence-electron chi connectivity index (χ1n) is 7.53. The zero-order valence-electron chi connectivity index (χ0n) is 12.4. The molecule has 0 heterocycles. The zero-order valence-corrected chi connectivity index (χ0v) is 13.2. The van der Waals surface area contributed by atoms with E-state index in [1.165, 1.54) is 5.56 Å². The normalized spacial score (nSPS) is 21.9. The van der Waals surface area contributed by atoms with Crippen molar-refractivity contribution in [3.8, 4) is 0 Å². The standard InChI is InChI=1S/C19H20O2S/c20-17-11-12-19(21,16-9-5-2-6-10-16)13-18(17)22-14-15-7-3-1-4-8-15/h1-10,20-21H,11-14H2.